The van der Waals surface area contributed by atoms with Crippen molar-refractivity contribution in [2.75, 3.05) is 35.5 Å². The molecule has 0 amide bonds. The first-order valence-electron chi connectivity index (χ1n) is 39.2. The smallest absolute Gasteiger partial charge is 0.356 e. The van der Waals surface area contributed by atoms with Crippen LogP contribution in [0.4, 0.5) is 0 Å². The van der Waals surface area contributed by atoms with E-state index in [1.165, 1.54) is 83.5 Å². The van der Waals surface area contributed by atoms with Gasteiger partial charge in [0.1, 0.15) is 34.2 Å². The first kappa shape index (κ1) is 83.0. The molecule has 0 fully saturated rings. The number of nitrogens with zero attached hydrogens (tertiary/aromatic N) is 6. The summed E-state index contributed by atoms with van der Waals surface area (Å²) in [5.74, 6) is -1.56. The van der Waals surface area contributed by atoms with Crippen molar-refractivity contribution in [2.45, 2.75) is 19.3 Å². The van der Waals surface area contributed by atoms with Gasteiger partial charge in [-0.1, -0.05) is 164 Å². The number of fused-ring (bicyclic) bond motifs is 10. The highest BCUT2D eigenvalue weighted by Crippen LogP contribution is 2.34. The number of aryl methyl sites for hydroxylation is 2. The largest absolute Gasteiger partial charge is 0.481 e. The molecule has 0 atom stereocenters. The summed E-state index contributed by atoms with van der Waals surface area (Å²) < 4.78 is 23.9. The van der Waals surface area contributed by atoms with Crippen LogP contribution < -0.4 is 9.47 Å². The molecule has 0 spiro atoms. The van der Waals surface area contributed by atoms with Gasteiger partial charge in [0.15, 0.2) is 17.3 Å². The number of methoxy groups -OCH3 is 5. The summed E-state index contributed by atoms with van der Waals surface area (Å²) in [4.78, 5) is 153. The number of ketones is 6. The summed E-state index contributed by atoms with van der Waals surface area (Å²) in [6.45, 7) is 0. The maximum absolute atomic E-state index is 12.9. The normalized spacial score (nSPS) is 11.1. The Morgan fingerprint density at radius 2 is 0.712 bits per heavy atom. The number of carbonyl (C=O) groups is 9. The fraction of sp³-hybridized carbons (Fsp3) is 0.0808. The van der Waals surface area contributed by atoms with Gasteiger partial charge in [-0.05, 0) is 103 Å². The Morgan fingerprint density at radius 3 is 1.22 bits per heavy atom. The Bertz CT molecular complexity index is 7280. The number of carbonyl (C=O) groups excluding carboxylic acids is 9. The minimum absolute atomic E-state index is 0.0434. The van der Waals surface area contributed by atoms with Gasteiger partial charge in [0.05, 0.1) is 53.5 Å². The molecule has 26 heteroatoms. The molecule has 20 rings (SSSR count). The van der Waals surface area contributed by atoms with Crippen LogP contribution in [0.5, 0.6) is 11.8 Å². The molecule has 0 unspecified atom stereocenters. The molecule has 0 aliphatic heterocycles. The summed E-state index contributed by atoms with van der Waals surface area (Å²) in [5.41, 5.74) is 14.9. The van der Waals surface area contributed by atoms with E-state index in [0.29, 0.717) is 56.4 Å². The van der Waals surface area contributed by atoms with E-state index < -0.39 is 17.9 Å². The molecular formula is C99H76N12O14. The number of H-pyrrole nitrogens is 6. The first-order chi connectivity index (χ1) is 61.0. The van der Waals surface area contributed by atoms with Crippen molar-refractivity contribution in [1.82, 2.24) is 59.8 Å². The van der Waals surface area contributed by atoms with Gasteiger partial charge in [-0.2, -0.15) is 0 Å². The third-order valence-corrected chi connectivity index (χ3v) is 20.8. The van der Waals surface area contributed by atoms with Gasteiger partial charge in [-0.15, -0.1) is 0 Å². The highest BCUT2D eigenvalue weighted by Gasteiger charge is 2.25. The molecule has 11 aromatic heterocycles. The molecule has 125 heavy (non-hydrogen) atoms. The summed E-state index contributed by atoms with van der Waals surface area (Å²) >= 11 is 0. The third-order valence-electron chi connectivity index (χ3n) is 20.8. The fourth-order valence-electron chi connectivity index (χ4n) is 14.5. The van der Waals surface area contributed by atoms with Crippen molar-refractivity contribution < 1.29 is 66.8 Å². The molecule has 6 N–H and O–H groups in total. The number of hydrogen-bond acceptors (Lipinski definition) is 20. The van der Waals surface area contributed by atoms with Gasteiger partial charge >= 0.3 is 17.9 Å². The predicted octanol–water partition coefficient (Wildman–Crippen LogP) is 17.8. The number of para-hydroxylation sites is 4. The lowest BCUT2D eigenvalue weighted by molar-refractivity contribution is 0.0585. The van der Waals surface area contributed by atoms with E-state index in [-0.39, 0.29) is 63.2 Å². The van der Waals surface area contributed by atoms with Crippen molar-refractivity contribution >= 4 is 129 Å². The first-order valence-corrected chi connectivity index (χ1v) is 39.2. The average Bonchev–Trinajstić information content (AvgIpc) is 1.64. The number of aromatic nitrogens is 12. The van der Waals surface area contributed by atoms with Crippen molar-refractivity contribution in [3.8, 4) is 11.8 Å². The zero-order chi connectivity index (χ0) is 87.0. The van der Waals surface area contributed by atoms with Gasteiger partial charge in [-0.25, -0.2) is 44.3 Å². The van der Waals surface area contributed by atoms with Crippen LogP contribution >= 0.6 is 0 Å². The minimum atomic E-state index is -0.570. The van der Waals surface area contributed by atoms with Crippen LogP contribution in [0.2, 0.25) is 0 Å². The highest BCUT2D eigenvalue weighted by atomic mass is 16.5. The molecule has 0 saturated carbocycles. The number of pyridine rings is 4. The van der Waals surface area contributed by atoms with E-state index >= 15 is 0 Å². The van der Waals surface area contributed by atoms with E-state index in [0.717, 1.165) is 107 Å². The van der Waals surface area contributed by atoms with Crippen LogP contribution in [-0.4, -0.2) is 148 Å². The zero-order valence-electron chi connectivity index (χ0n) is 67.8. The van der Waals surface area contributed by atoms with Crippen LogP contribution in [0, 0.1) is 0 Å². The molecule has 19 aromatic rings. The molecule has 0 radical (unpaired) electrons. The number of hydrogen-bond donors (Lipinski definition) is 6. The van der Waals surface area contributed by atoms with E-state index in [9.17, 15) is 43.2 Å². The topological polar surface area (TPSA) is 372 Å². The Balaban J connectivity index is 0.000000116. The third kappa shape index (κ3) is 18.0. The summed E-state index contributed by atoms with van der Waals surface area (Å²) in [7, 11) is 6.89. The molecular weight excluding hydrogens is 1580 g/mol. The van der Waals surface area contributed by atoms with Gasteiger partial charge in [0.25, 0.3) is 0 Å². The SMILES string of the molecule is COC(=O)c1ccc(C(=O)c2c[nH]c3ccccc23)cn1.COC(=O)c1cccc(C(=O)c2c[nH]c3c2ccc2ccccc23)n1.COC(=O)c1cccc(C(=O)c2c[nH]c3c4c(ccc23)CCC4)n1.COc1cc(C(=O)c2c[nH]c3ccccc23)ccn1.COc1cnc(C(=O)c2c[nH]c3ccccc23)cn1.O=C(c1ccccc1)c1c[nH]c2ccccc12. The second kappa shape index (κ2) is 37.9. The lowest BCUT2D eigenvalue weighted by Gasteiger charge is -2.04. The van der Waals surface area contributed by atoms with E-state index in [4.69, 9.17) is 9.47 Å². The molecule has 616 valence electrons. The second-order valence-corrected chi connectivity index (χ2v) is 28.2. The quantitative estimate of drug-likeness (QED) is 0.0280. The Labute approximate surface area is 712 Å². The summed E-state index contributed by atoms with van der Waals surface area (Å²) in [5, 5.41) is 7.52. The number of rotatable bonds is 17. The Kier molecular flexibility index (Phi) is 25.2. The summed E-state index contributed by atoms with van der Waals surface area (Å²) in [6, 6.07) is 72.0. The maximum atomic E-state index is 12.9. The second-order valence-electron chi connectivity index (χ2n) is 28.2. The van der Waals surface area contributed by atoms with Gasteiger partial charge in [0, 0.05) is 171 Å². The molecule has 1 aliphatic rings. The standard InChI is InChI=1S/C20H14N2O3.C19H16N2O3.C16H12N2O3.C15H12N2O2.C15H11NO.C14H11N3O2/c1-25-20(24)17-8-4-7-16(22-17)19(23)15-11-21-18-13-6-3-2-5-12(13)9-10-14(15)18;1-24-19(23)16-7-3-6-15(21-16)18(22)14-10-20-17-12-5-2-4-11(12)8-9-13(14)17;1-21-16(20)14-7-6-10(8-17-14)15(19)12-9-18-13-5-3-2-4-11(12)13;1-19-14-8-10(6-7-16-14)15(18)12-9-17-13-5-3-2-4-11(12)13;17-15(11-6-2-1-3-7-11)13-10-16-14-9-5-4-8-12(13)14;1-19-13-8-16-12(7-17-13)14(18)10-6-15-11-5-3-2-4-9(10)11/h2-11,21H,1H3;3,6-10,20H,2,4-5H2,1H3;2-9,18H,1H3;2-9,17H,1H3;1-10,16H;2-8,15H,1H3. The highest BCUT2D eigenvalue weighted by molar-refractivity contribution is 6.22. The van der Waals surface area contributed by atoms with Crippen LogP contribution in [-0.2, 0) is 27.1 Å². The van der Waals surface area contributed by atoms with Crippen molar-refractivity contribution in [3.05, 3.63) is 394 Å². The maximum Gasteiger partial charge on any atom is 0.356 e. The van der Waals surface area contributed by atoms with E-state index in [2.05, 4.69) is 80.1 Å². The van der Waals surface area contributed by atoms with Gasteiger partial charge in [0.2, 0.25) is 29.1 Å². The number of aromatic amines is 6. The number of ether oxygens (including phenoxy) is 5. The zero-order valence-corrected chi connectivity index (χ0v) is 67.8. The average molecular weight is 1660 g/mol. The lowest BCUT2D eigenvalue weighted by Crippen LogP contribution is -2.09. The molecule has 26 nitrogen and oxygen atoms in total. The van der Waals surface area contributed by atoms with E-state index in [1.807, 2.05) is 170 Å². The fourth-order valence-corrected chi connectivity index (χ4v) is 14.5. The Morgan fingerprint density at radius 1 is 0.288 bits per heavy atom. The van der Waals surface area contributed by atoms with E-state index in [1.54, 1.807) is 85.8 Å². The van der Waals surface area contributed by atoms with Gasteiger partial charge in [-0.3, -0.25) is 28.8 Å². The number of esters is 3. The van der Waals surface area contributed by atoms with Crippen LogP contribution in [0.1, 0.15) is 145 Å². The monoisotopic (exact) mass is 1660 g/mol. The van der Waals surface area contributed by atoms with Crippen molar-refractivity contribution in [2.24, 2.45) is 0 Å². The summed E-state index contributed by atoms with van der Waals surface area (Å²) in [6.07, 6.45) is 19.4. The van der Waals surface area contributed by atoms with Crippen molar-refractivity contribution in [1.29, 1.82) is 0 Å². The minimum Gasteiger partial charge on any atom is -0.481 e. The van der Waals surface area contributed by atoms with Crippen LogP contribution in [0.25, 0.3) is 76.2 Å². The predicted molar refractivity (Wildman–Crippen MR) is 472 cm³/mol. The molecule has 0 saturated heterocycles. The van der Waals surface area contributed by atoms with Crippen LogP contribution in [0.15, 0.2) is 299 Å². The molecule has 0 bridgehead atoms. The molecule has 8 aromatic carbocycles. The van der Waals surface area contributed by atoms with Crippen LogP contribution in [0.3, 0.4) is 0 Å². The number of benzene rings is 8. The Hall–Kier alpha value is -17.0. The lowest BCUT2D eigenvalue weighted by atomic mass is 10.0. The molecule has 11 heterocycles. The van der Waals surface area contributed by atoms with Gasteiger partial charge < -0.3 is 53.6 Å². The van der Waals surface area contributed by atoms with Crippen molar-refractivity contribution in [3.63, 3.8) is 0 Å². The molecule has 1 aliphatic carbocycles. The number of nitrogens with one attached hydrogen (secondary N) is 6.